The molecular weight excluding hydrogens is 270 g/mol. The zero-order chi connectivity index (χ0) is 15.0. The second-order valence-corrected chi connectivity index (χ2v) is 5.40. The van der Waals surface area contributed by atoms with Gasteiger partial charge in [-0.05, 0) is 30.5 Å². The fraction of sp³-hybridized carbons (Fsp3) is 0.400. The molecule has 2 heterocycles. The van der Waals surface area contributed by atoms with E-state index in [1.165, 1.54) is 12.6 Å². The maximum atomic E-state index is 12.3. The summed E-state index contributed by atoms with van der Waals surface area (Å²) in [4.78, 5) is 36.7. The largest absolute Gasteiger partial charge is 0.384 e. The Labute approximate surface area is 122 Å². The topological polar surface area (TPSA) is 78.5 Å². The fourth-order valence-electron chi connectivity index (χ4n) is 2.72. The van der Waals surface area contributed by atoms with Crippen molar-refractivity contribution in [1.29, 1.82) is 0 Å². The van der Waals surface area contributed by atoms with Crippen LogP contribution in [0.15, 0.2) is 18.2 Å². The minimum absolute atomic E-state index is 0.202. The van der Waals surface area contributed by atoms with E-state index in [0.29, 0.717) is 12.0 Å². The number of hydrogen-bond acceptors (Lipinski definition) is 4. The Balaban J connectivity index is 1.72. The number of imide groups is 1. The zero-order valence-corrected chi connectivity index (χ0v) is 11.8. The number of piperidine rings is 1. The first-order valence-corrected chi connectivity index (χ1v) is 7.04. The van der Waals surface area contributed by atoms with Crippen molar-refractivity contribution >= 4 is 23.4 Å². The number of benzene rings is 1. The second kappa shape index (κ2) is 5.20. The predicted molar refractivity (Wildman–Crippen MR) is 76.9 cm³/mol. The molecule has 1 atom stereocenters. The molecule has 3 amide bonds. The molecule has 0 radical (unpaired) electrons. The number of amides is 3. The lowest BCUT2D eigenvalue weighted by molar-refractivity contribution is -0.147. The van der Waals surface area contributed by atoms with Gasteiger partial charge in [-0.1, -0.05) is 6.07 Å². The van der Waals surface area contributed by atoms with Gasteiger partial charge in [-0.3, -0.25) is 19.3 Å². The van der Waals surface area contributed by atoms with Crippen LogP contribution >= 0.6 is 0 Å². The third-order valence-electron chi connectivity index (χ3n) is 4.04. The van der Waals surface area contributed by atoms with Crippen molar-refractivity contribution < 1.29 is 14.4 Å². The molecular formula is C15H17N3O3. The number of likely N-dealkylation sites (N-methyl/N-ethyl adjacent to an activating group) is 1. The number of hydrogen-bond donors (Lipinski definition) is 2. The molecule has 2 aliphatic heterocycles. The number of likely N-dealkylation sites (tertiary alicyclic amines) is 1. The second-order valence-electron chi connectivity index (χ2n) is 5.40. The van der Waals surface area contributed by atoms with Crippen LogP contribution in [0.1, 0.15) is 28.8 Å². The van der Waals surface area contributed by atoms with Crippen molar-refractivity contribution in [2.75, 3.05) is 18.9 Å². The molecule has 2 aliphatic rings. The van der Waals surface area contributed by atoms with E-state index in [-0.39, 0.29) is 24.1 Å². The van der Waals surface area contributed by atoms with Crippen molar-refractivity contribution in [1.82, 2.24) is 10.2 Å². The summed E-state index contributed by atoms with van der Waals surface area (Å²) in [6.07, 6.45) is 1.60. The highest BCUT2D eigenvalue weighted by Gasteiger charge is 2.32. The molecule has 0 spiro atoms. The highest BCUT2D eigenvalue weighted by molar-refractivity contribution is 6.03. The molecule has 6 nitrogen and oxygen atoms in total. The Morgan fingerprint density at radius 3 is 2.95 bits per heavy atom. The molecule has 0 saturated carbocycles. The first-order chi connectivity index (χ1) is 10.1. The van der Waals surface area contributed by atoms with Gasteiger partial charge >= 0.3 is 0 Å². The van der Waals surface area contributed by atoms with Crippen molar-refractivity contribution in [3.63, 3.8) is 0 Å². The van der Waals surface area contributed by atoms with Crippen LogP contribution in [0.5, 0.6) is 0 Å². The average Bonchev–Trinajstić information content (AvgIpc) is 2.95. The first-order valence-electron chi connectivity index (χ1n) is 7.04. The van der Waals surface area contributed by atoms with Gasteiger partial charge < -0.3 is 10.6 Å². The number of rotatable bonds is 2. The summed E-state index contributed by atoms with van der Waals surface area (Å²) in [5.41, 5.74) is 2.70. The van der Waals surface area contributed by atoms with Crippen LogP contribution in [-0.2, 0) is 16.0 Å². The molecule has 2 N–H and O–H groups in total. The monoisotopic (exact) mass is 287 g/mol. The molecule has 3 rings (SSSR count). The van der Waals surface area contributed by atoms with Crippen molar-refractivity contribution in [3.8, 4) is 0 Å². The van der Waals surface area contributed by atoms with Gasteiger partial charge in [0.25, 0.3) is 11.8 Å². The van der Waals surface area contributed by atoms with E-state index in [4.69, 9.17) is 0 Å². The van der Waals surface area contributed by atoms with Gasteiger partial charge in [-0.2, -0.15) is 0 Å². The van der Waals surface area contributed by atoms with E-state index >= 15 is 0 Å². The lowest BCUT2D eigenvalue weighted by Crippen LogP contribution is -2.52. The van der Waals surface area contributed by atoms with Gasteiger partial charge in [-0.25, -0.2) is 0 Å². The zero-order valence-electron chi connectivity index (χ0n) is 11.8. The number of fused-ring (bicyclic) bond motifs is 1. The summed E-state index contributed by atoms with van der Waals surface area (Å²) in [7, 11) is 1.45. The molecule has 1 aromatic carbocycles. The molecule has 1 aromatic rings. The minimum Gasteiger partial charge on any atom is -0.384 e. The number of carbonyl (C=O) groups is 3. The van der Waals surface area contributed by atoms with Crippen LogP contribution in [0.3, 0.4) is 0 Å². The maximum Gasteiger partial charge on any atom is 0.252 e. The first kappa shape index (κ1) is 13.6. The van der Waals surface area contributed by atoms with Crippen molar-refractivity contribution in [3.05, 3.63) is 29.3 Å². The van der Waals surface area contributed by atoms with Crippen molar-refractivity contribution in [2.24, 2.45) is 0 Å². The lowest BCUT2D eigenvalue weighted by Gasteiger charge is -2.28. The predicted octanol–water partition coefficient (Wildman–Crippen LogP) is 0.532. The van der Waals surface area contributed by atoms with E-state index in [2.05, 4.69) is 10.6 Å². The van der Waals surface area contributed by atoms with Gasteiger partial charge in [0.05, 0.1) is 0 Å². The molecule has 0 aromatic heterocycles. The van der Waals surface area contributed by atoms with Crippen LogP contribution in [-0.4, -0.2) is 42.3 Å². The Morgan fingerprint density at radius 2 is 2.14 bits per heavy atom. The summed E-state index contributed by atoms with van der Waals surface area (Å²) >= 11 is 0. The number of nitrogens with zero attached hydrogens (tertiary/aromatic N) is 1. The minimum atomic E-state index is -0.624. The van der Waals surface area contributed by atoms with Crippen LogP contribution in [0.2, 0.25) is 0 Å². The summed E-state index contributed by atoms with van der Waals surface area (Å²) in [6.45, 7) is 0.883. The standard InChI is InChI=1S/C15H17N3O3/c1-18-13(19)5-4-11(15(18)21)17-14(20)10-3-2-9-6-7-16-12(9)8-10/h2-3,8,11,16H,4-7H2,1H3,(H,17,20). The van der Waals surface area contributed by atoms with Gasteiger partial charge in [0.15, 0.2) is 0 Å². The fourth-order valence-corrected chi connectivity index (χ4v) is 2.72. The Morgan fingerprint density at radius 1 is 1.33 bits per heavy atom. The molecule has 1 fully saturated rings. The molecule has 6 heteroatoms. The Kier molecular flexibility index (Phi) is 3.37. The van der Waals surface area contributed by atoms with Crippen LogP contribution < -0.4 is 10.6 Å². The van der Waals surface area contributed by atoms with E-state index in [1.807, 2.05) is 6.07 Å². The van der Waals surface area contributed by atoms with Crippen LogP contribution in [0.25, 0.3) is 0 Å². The quantitative estimate of drug-likeness (QED) is 0.778. The third kappa shape index (κ3) is 2.49. The summed E-state index contributed by atoms with van der Waals surface area (Å²) in [5.74, 6) is -0.835. The summed E-state index contributed by atoms with van der Waals surface area (Å²) in [6, 6.07) is 4.88. The number of carbonyl (C=O) groups excluding carboxylic acids is 3. The molecule has 1 saturated heterocycles. The Hall–Kier alpha value is -2.37. The molecule has 21 heavy (non-hydrogen) atoms. The third-order valence-corrected chi connectivity index (χ3v) is 4.04. The maximum absolute atomic E-state index is 12.3. The van der Waals surface area contributed by atoms with Gasteiger partial charge in [0.2, 0.25) is 5.91 Å². The molecule has 0 aliphatic carbocycles. The molecule has 0 bridgehead atoms. The normalized spacial score (nSPS) is 21.0. The molecule has 110 valence electrons. The average molecular weight is 287 g/mol. The lowest BCUT2D eigenvalue weighted by atomic mass is 10.0. The summed E-state index contributed by atoms with van der Waals surface area (Å²) < 4.78 is 0. The van der Waals surface area contributed by atoms with Gasteiger partial charge in [0, 0.05) is 31.3 Å². The smallest absolute Gasteiger partial charge is 0.252 e. The highest BCUT2D eigenvalue weighted by Crippen LogP contribution is 2.23. The van der Waals surface area contributed by atoms with E-state index < -0.39 is 6.04 Å². The summed E-state index contributed by atoms with van der Waals surface area (Å²) in [5, 5.41) is 5.94. The Bertz CT molecular complexity index is 627. The van der Waals surface area contributed by atoms with Gasteiger partial charge in [0.1, 0.15) is 6.04 Å². The van der Waals surface area contributed by atoms with Crippen LogP contribution in [0.4, 0.5) is 5.69 Å². The van der Waals surface area contributed by atoms with Crippen molar-refractivity contribution in [2.45, 2.75) is 25.3 Å². The highest BCUT2D eigenvalue weighted by atomic mass is 16.2. The van der Waals surface area contributed by atoms with E-state index in [1.54, 1.807) is 12.1 Å². The number of nitrogens with one attached hydrogen (secondary N) is 2. The van der Waals surface area contributed by atoms with E-state index in [0.717, 1.165) is 23.6 Å². The van der Waals surface area contributed by atoms with Gasteiger partial charge in [-0.15, -0.1) is 0 Å². The molecule has 1 unspecified atom stereocenters. The van der Waals surface area contributed by atoms with E-state index in [9.17, 15) is 14.4 Å². The van der Waals surface area contributed by atoms with Crippen LogP contribution in [0, 0.1) is 0 Å². The SMILES string of the molecule is CN1C(=O)CCC(NC(=O)c2ccc3c(c2)NCC3)C1=O. The number of anilines is 1.